The van der Waals surface area contributed by atoms with Crippen molar-refractivity contribution in [2.24, 2.45) is 0 Å². The van der Waals surface area contributed by atoms with E-state index in [-0.39, 0.29) is 24.2 Å². The van der Waals surface area contributed by atoms with Crippen LogP contribution >= 0.6 is 0 Å². The molecule has 1 atom stereocenters. The highest BCUT2D eigenvalue weighted by Crippen LogP contribution is 2.33. The molecule has 182 valence electrons. The van der Waals surface area contributed by atoms with E-state index in [4.69, 9.17) is 9.47 Å². The fourth-order valence-corrected chi connectivity index (χ4v) is 3.49. The Balaban J connectivity index is 1.97. The summed E-state index contributed by atoms with van der Waals surface area (Å²) < 4.78 is 40.9. The number of aryl methyl sites for hydroxylation is 1. The van der Waals surface area contributed by atoms with Crippen LogP contribution in [0.25, 0.3) is 5.69 Å². The van der Waals surface area contributed by atoms with Crippen molar-refractivity contribution in [3.63, 3.8) is 0 Å². The molecule has 3 rings (SSSR count). The standard InChI is InChI=1S/C26H31F2N3O3/c1-5-14-33-17-22(32)15-30(18(2)3)16-23-19(4)29-31(21-12-10-20(27)11-13-21)26(23)34-25-9-7-6-8-24(25)28/h5-13,18,22,32H,1,14-17H2,2-4H3. The smallest absolute Gasteiger partial charge is 0.227 e. The van der Waals surface area contributed by atoms with Gasteiger partial charge in [0.05, 0.1) is 36.3 Å². The number of benzene rings is 2. The van der Waals surface area contributed by atoms with E-state index in [0.717, 1.165) is 5.56 Å². The maximum Gasteiger partial charge on any atom is 0.227 e. The number of para-hydroxylation sites is 1. The van der Waals surface area contributed by atoms with Gasteiger partial charge in [-0.15, -0.1) is 6.58 Å². The quantitative estimate of drug-likeness (QED) is 0.297. The summed E-state index contributed by atoms with van der Waals surface area (Å²) in [5.74, 6) is -0.491. The van der Waals surface area contributed by atoms with Gasteiger partial charge in [-0.05, 0) is 57.2 Å². The zero-order valence-corrected chi connectivity index (χ0v) is 19.7. The van der Waals surface area contributed by atoms with Crippen LogP contribution in [0.3, 0.4) is 0 Å². The van der Waals surface area contributed by atoms with Crippen LogP contribution in [0.2, 0.25) is 0 Å². The van der Waals surface area contributed by atoms with E-state index >= 15 is 0 Å². The van der Waals surface area contributed by atoms with Gasteiger partial charge in [-0.1, -0.05) is 18.2 Å². The number of ether oxygens (including phenoxy) is 2. The highest BCUT2D eigenvalue weighted by atomic mass is 19.1. The molecule has 8 heteroatoms. The summed E-state index contributed by atoms with van der Waals surface area (Å²) in [5, 5.41) is 15.1. The van der Waals surface area contributed by atoms with Gasteiger partial charge >= 0.3 is 0 Å². The van der Waals surface area contributed by atoms with E-state index in [2.05, 4.69) is 16.6 Å². The number of hydrogen-bond acceptors (Lipinski definition) is 5. The lowest BCUT2D eigenvalue weighted by Crippen LogP contribution is -2.39. The van der Waals surface area contributed by atoms with Crippen molar-refractivity contribution in [2.75, 3.05) is 19.8 Å². The van der Waals surface area contributed by atoms with E-state index in [1.54, 1.807) is 35.0 Å². The molecule has 0 saturated carbocycles. The highest BCUT2D eigenvalue weighted by molar-refractivity contribution is 5.43. The molecular formula is C26H31F2N3O3. The predicted molar refractivity (Wildman–Crippen MR) is 127 cm³/mol. The van der Waals surface area contributed by atoms with Crippen LogP contribution in [0.5, 0.6) is 11.6 Å². The van der Waals surface area contributed by atoms with Gasteiger partial charge < -0.3 is 14.6 Å². The largest absolute Gasteiger partial charge is 0.435 e. The molecule has 0 aliphatic carbocycles. The third-order valence-corrected chi connectivity index (χ3v) is 5.33. The van der Waals surface area contributed by atoms with E-state index in [0.29, 0.717) is 37.0 Å². The number of aromatic nitrogens is 2. The van der Waals surface area contributed by atoms with Crippen molar-refractivity contribution < 1.29 is 23.4 Å². The first-order valence-electron chi connectivity index (χ1n) is 11.2. The zero-order chi connectivity index (χ0) is 24.7. The number of hydrogen-bond donors (Lipinski definition) is 1. The molecule has 0 aliphatic rings. The highest BCUT2D eigenvalue weighted by Gasteiger charge is 2.24. The Morgan fingerprint density at radius 3 is 2.50 bits per heavy atom. The molecule has 1 unspecified atom stereocenters. The molecule has 2 aromatic carbocycles. The molecule has 1 N–H and O–H groups in total. The fourth-order valence-electron chi connectivity index (χ4n) is 3.49. The van der Waals surface area contributed by atoms with Crippen molar-refractivity contribution in [3.8, 4) is 17.3 Å². The first-order valence-corrected chi connectivity index (χ1v) is 11.2. The minimum atomic E-state index is -0.703. The molecule has 0 radical (unpaired) electrons. The Kier molecular flexibility index (Phi) is 8.92. The monoisotopic (exact) mass is 471 g/mol. The van der Waals surface area contributed by atoms with Gasteiger partial charge in [-0.3, -0.25) is 4.90 Å². The second-order valence-electron chi connectivity index (χ2n) is 8.29. The molecular weight excluding hydrogens is 440 g/mol. The van der Waals surface area contributed by atoms with Gasteiger partial charge in [0.15, 0.2) is 11.6 Å². The number of aliphatic hydroxyl groups excluding tert-OH is 1. The number of nitrogens with zero attached hydrogens (tertiary/aromatic N) is 3. The minimum Gasteiger partial charge on any atom is -0.435 e. The van der Waals surface area contributed by atoms with Gasteiger partial charge in [0.25, 0.3) is 0 Å². The summed E-state index contributed by atoms with van der Waals surface area (Å²) in [7, 11) is 0. The second-order valence-corrected chi connectivity index (χ2v) is 8.29. The second kappa shape index (κ2) is 11.9. The van der Waals surface area contributed by atoms with Crippen molar-refractivity contribution in [1.82, 2.24) is 14.7 Å². The molecule has 0 saturated heterocycles. The Hall–Kier alpha value is -3.07. The van der Waals surface area contributed by atoms with Crippen LogP contribution in [0.1, 0.15) is 25.1 Å². The van der Waals surface area contributed by atoms with Crippen molar-refractivity contribution in [1.29, 1.82) is 0 Å². The Morgan fingerprint density at radius 2 is 1.85 bits per heavy atom. The normalized spacial score (nSPS) is 12.4. The van der Waals surface area contributed by atoms with Gasteiger partial charge in [-0.25, -0.2) is 13.5 Å². The zero-order valence-electron chi connectivity index (χ0n) is 19.7. The van der Waals surface area contributed by atoms with Crippen LogP contribution in [-0.2, 0) is 11.3 Å². The average Bonchev–Trinajstić information content (AvgIpc) is 3.10. The molecule has 6 nitrogen and oxygen atoms in total. The minimum absolute atomic E-state index is 0.0565. The van der Waals surface area contributed by atoms with Crippen molar-refractivity contribution in [2.45, 2.75) is 39.5 Å². The molecule has 1 heterocycles. The van der Waals surface area contributed by atoms with Crippen molar-refractivity contribution >= 4 is 0 Å². The van der Waals surface area contributed by atoms with Gasteiger partial charge in [-0.2, -0.15) is 5.10 Å². The van der Waals surface area contributed by atoms with E-state index in [1.165, 1.54) is 24.3 Å². The Bertz CT molecular complexity index is 1080. The maximum atomic E-state index is 14.4. The van der Waals surface area contributed by atoms with Crippen molar-refractivity contribution in [3.05, 3.63) is 84.1 Å². The predicted octanol–water partition coefficient (Wildman–Crippen LogP) is 5.03. The summed E-state index contributed by atoms with van der Waals surface area (Å²) in [4.78, 5) is 2.06. The topological polar surface area (TPSA) is 59.8 Å². The van der Waals surface area contributed by atoms with Gasteiger partial charge in [0, 0.05) is 19.1 Å². The SMILES string of the molecule is C=CCOCC(O)CN(Cc1c(C)nn(-c2ccc(F)cc2)c1Oc1ccccc1F)C(C)C. The van der Waals surface area contributed by atoms with Crippen LogP contribution in [-0.4, -0.2) is 51.7 Å². The first-order chi connectivity index (χ1) is 16.3. The number of halogens is 2. The van der Waals surface area contributed by atoms with Crippen LogP contribution in [0.4, 0.5) is 8.78 Å². The third-order valence-electron chi connectivity index (χ3n) is 5.33. The molecule has 1 aromatic heterocycles. The molecule has 0 aliphatic heterocycles. The molecule has 3 aromatic rings. The lowest BCUT2D eigenvalue weighted by Gasteiger charge is -2.29. The first kappa shape index (κ1) is 25.6. The van der Waals surface area contributed by atoms with Crippen LogP contribution in [0.15, 0.2) is 61.2 Å². The van der Waals surface area contributed by atoms with E-state index < -0.39 is 11.9 Å². The van der Waals surface area contributed by atoms with Crippen LogP contribution in [0, 0.1) is 18.6 Å². The maximum absolute atomic E-state index is 14.4. The van der Waals surface area contributed by atoms with Gasteiger partial charge in [0.2, 0.25) is 5.88 Å². The van der Waals surface area contributed by atoms with E-state index in [9.17, 15) is 13.9 Å². The third kappa shape index (κ3) is 6.50. The molecule has 34 heavy (non-hydrogen) atoms. The summed E-state index contributed by atoms with van der Waals surface area (Å²) in [6.45, 7) is 10.8. The average molecular weight is 472 g/mol. The number of rotatable bonds is 12. The summed E-state index contributed by atoms with van der Waals surface area (Å²) in [6.07, 6.45) is 0.928. The van der Waals surface area contributed by atoms with Gasteiger partial charge in [0.1, 0.15) is 5.82 Å². The number of aliphatic hydroxyl groups is 1. The molecule has 0 bridgehead atoms. The summed E-state index contributed by atoms with van der Waals surface area (Å²) >= 11 is 0. The molecule has 0 fully saturated rings. The Labute approximate surface area is 199 Å². The summed E-state index contributed by atoms with van der Waals surface area (Å²) in [5.41, 5.74) is 2.00. The molecule has 0 spiro atoms. The van der Waals surface area contributed by atoms with E-state index in [1.807, 2.05) is 20.8 Å². The lowest BCUT2D eigenvalue weighted by atomic mass is 10.2. The van der Waals surface area contributed by atoms with Crippen LogP contribution < -0.4 is 4.74 Å². The summed E-state index contributed by atoms with van der Waals surface area (Å²) in [6, 6.07) is 12.0. The Morgan fingerprint density at radius 1 is 1.15 bits per heavy atom. The fraction of sp³-hybridized carbons (Fsp3) is 0.346. The molecule has 0 amide bonds. The lowest BCUT2D eigenvalue weighted by molar-refractivity contribution is 0.0176.